The molecule has 0 atom stereocenters. The number of carbonyl (C=O) groups is 1. The van der Waals surface area contributed by atoms with Crippen LogP contribution in [-0.4, -0.2) is 15.5 Å². The molecule has 0 fully saturated rings. The molecule has 0 aliphatic carbocycles. The normalized spacial score (nSPS) is 12.1. The molecule has 1 aliphatic rings. The number of rotatable bonds is 4. The quantitative estimate of drug-likeness (QED) is 0.530. The Labute approximate surface area is 151 Å². The zero-order chi connectivity index (χ0) is 18.3. The summed E-state index contributed by atoms with van der Waals surface area (Å²) in [7, 11) is 0. The molecule has 0 N–H and O–H groups in total. The van der Waals surface area contributed by atoms with Gasteiger partial charge in [0.15, 0.2) is 0 Å². The van der Waals surface area contributed by atoms with Crippen LogP contribution in [0.15, 0.2) is 41.2 Å². The number of aryl methyl sites for hydroxylation is 1. The summed E-state index contributed by atoms with van der Waals surface area (Å²) < 4.78 is 6.87. The van der Waals surface area contributed by atoms with E-state index in [1.165, 1.54) is 6.92 Å². The molecule has 0 amide bonds. The van der Waals surface area contributed by atoms with E-state index in [1.54, 1.807) is 4.57 Å². The highest BCUT2D eigenvalue weighted by atomic mass is 16.5. The minimum atomic E-state index is -0.381. The smallest absolute Gasteiger partial charge is 0.302 e. The Balaban J connectivity index is 1.88. The minimum absolute atomic E-state index is 0.0233. The molecule has 5 nitrogen and oxygen atoms in total. The lowest BCUT2D eigenvalue weighted by Crippen LogP contribution is -2.26. The molecule has 3 aromatic rings. The maximum atomic E-state index is 13.1. The first-order valence-electron chi connectivity index (χ1n) is 8.86. The Hall–Kier alpha value is -2.95. The lowest BCUT2D eigenvalue weighted by atomic mass is 10.0. The van der Waals surface area contributed by atoms with Crippen LogP contribution in [0.3, 0.4) is 0 Å². The van der Waals surface area contributed by atoms with Crippen LogP contribution in [0.25, 0.3) is 22.3 Å². The molecule has 132 valence electrons. The third-order valence-corrected chi connectivity index (χ3v) is 4.81. The fraction of sp³-hybridized carbons (Fsp3) is 0.286. The maximum absolute atomic E-state index is 13.1. The summed E-state index contributed by atoms with van der Waals surface area (Å²) in [5.74, 6) is -0.381. The molecule has 2 aromatic heterocycles. The van der Waals surface area contributed by atoms with Crippen LogP contribution in [0.4, 0.5) is 0 Å². The second kappa shape index (κ2) is 6.41. The van der Waals surface area contributed by atoms with E-state index in [-0.39, 0.29) is 18.1 Å². The summed E-state index contributed by atoms with van der Waals surface area (Å²) in [5.41, 5.74) is 5.12. The lowest BCUT2D eigenvalue weighted by Gasteiger charge is -2.12. The molecule has 1 aliphatic heterocycles. The van der Waals surface area contributed by atoms with Gasteiger partial charge in [-0.25, -0.2) is 4.98 Å². The average Bonchev–Trinajstić information content (AvgIpc) is 2.97. The van der Waals surface area contributed by atoms with Gasteiger partial charge in [-0.1, -0.05) is 31.5 Å². The van der Waals surface area contributed by atoms with Crippen molar-refractivity contribution in [2.45, 2.75) is 39.8 Å². The van der Waals surface area contributed by atoms with Gasteiger partial charge in [0.05, 0.1) is 29.0 Å². The van der Waals surface area contributed by atoms with Gasteiger partial charge in [-0.2, -0.15) is 0 Å². The van der Waals surface area contributed by atoms with E-state index < -0.39 is 0 Å². The molecule has 0 radical (unpaired) electrons. The Morgan fingerprint density at radius 1 is 1.27 bits per heavy atom. The molecule has 1 aromatic carbocycles. The Kier molecular flexibility index (Phi) is 4.07. The monoisotopic (exact) mass is 348 g/mol. The maximum Gasteiger partial charge on any atom is 0.302 e. The molecule has 0 bridgehead atoms. The van der Waals surface area contributed by atoms with E-state index in [4.69, 9.17) is 9.72 Å². The third kappa shape index (κ3) is 2.69. The molecule has 26 heavy (non-hydrogen) atoms. The predicted molar refractivity (Wildman–Crippen MR) is 100 cm³/mol. The van der Waals surface area contributed by atoms with E-state index in [1.807, 2.05) is 30.3 Å². The largest absolute Gasteiger partial charge is 0.461 e. The highest BCUT2D eigenvalue weighted by Gasteiger charge is 2.25. The zero-order valence-corrected chi connectivity index (χ0v) is 14.9. The predicted octanol–water partition coefficient (Wildman–Crippen LogP) is 3.44. The van der Waals surface area contributed by atoms with Crippen molar-refractivity contribution in [3.05, 3.63) is 63.4 Å². The molecule has 0 saturated carbocycles. The van der Waals surface area contributed by atoms with Crippen molar-refractivity contribution in [2.75, 3.05) is 0 Å². The summed E-state index contributed by atoms with van der Waals surface area (Å²) in [5, 5.41) is 1.07. The van der Waals surface area contributed by atoms with E-state index >= 15 is 0 Å². The summed E-state index contributed by atoms with van der Waals surface area (Å²) >= 11 is 0. The number of hydrogen-bond donors (Lipinski definition) is 0. The van der Waals surface area contributed by atoms with Crippen LogP contribution in [0.2, 0.25) is 0 Å². The first-order valence-corrected chi connectivity index (χ1v) is 8.86. The van der Waals surface area contributed by atoms with Crippen molar-refractivity contribution in [1.29, 1.82) is 0 Å². The number of para-hydroxylation sites is 1. The Bertz CT molecular complexity index is 1080. The highest BCUT2D eigenvalue weighted by Crippen LogP contribution is 2.32. The number of esters is 1. The average molecular weight is 348 g/mol. The van der Waals surface area contributed by atoms with Gasteiger partial charge in [0.25, 0.3) is 5.56 Å². The molecule has 5 heteroatoms. The molecule has 3 heterocycles. The van der Waals surface area contributed by atoms with Crippen molar-refractivity contribution in [1.82, 2.24) is 9.55 Å². The van der Waals surface area contributed by atoms with Crippen molar-refractivity contribution in [2.24, 2.45) is 0 Å². The van der Waals surface area contributed by atoms with Crippen molar-refractivity contribution < 1.29 is 9.53 Å². The van der Waals surface area contributed by atoms with Gasteiger partial charge in [0.2, 0.25) is 0 Å². The summed E-state index contributed by atoms with van der Waals surface area (Å²) in [6, 6.07) is 12.1. The van der Waals surface area contributed by atoms with E-state index in [2.05, 4.69) is 13.0 Å². The summed E-state index contributed by atoms with van der Waals surface area (Å²) in [6.45, 7) is 3.95. The first-order chi connectivity index (χ1) is 12.6. The topological polar surface area (TPSA) is 61.2 Å². The van der Waals surface area contributed by atoms with Gasteiger partial charge in [-0.3, -0.25) is 9.59 Å². The van der Waals surface area contributed by atoms with Crippen molar-refractivity contribution >= 4 is 16.9 Å². The number of benzene rings is 1. The molecule has 0 spiro atoms. The van der Waals surface area contributed by atoms with Crippen molar-refractivity contribution in [3.8, 4) is 11.4 Å². The van der Waals surface area contributed by atoms with E-state index in [0.717, 1.165) is 46.3 Å². The van der Waals surface area contributed by atoms with Gasteiger partial charge in [-0.05, 0) is 30.2 Å². The Morgan fingerprint density at radius 2 is 2.08 bits per heavy atom. The number of aromatic nitrogens is 2. The highest BCUT2D eigenvalue weighted by molar-refractivity contribution is 5.84. The van der Waals surface area contributed by atoms with Crippen LogP contribution < -0.4 is 5.56 Å². The number of carbonyl (C=O) groups excluding carboxylic acids is 1. The number of ether oxygens (including phenoxy) is 1. The zero-order valence-electron chi connectivity index (χ0n) is 14.9. The molecule has 0 saturated heterocycles. The number of pyridine rings is 2. The van der Waals surface area contributed by atoms with Crippen LogP contribution in [0, 0.1) is 0 Å². The van der Waals surface area contributed by atoms with Crippen LogP contribution in [0.5, 0.6) is 0 Å². The van der Waals surface area contributed by atoms with Crippen molar-refractivity contribution in [3.63, 3.8) is 0 Å². The lowest BCUT2D eigenvalue weighted by molar-refractivity contribution is -0.142. The van der Waals surface area contributed by atoms with Gasteiger partial charge in [0, 0.05) is 17.9 Å². The Morgan fingerprint density at radius 3 is 2.85 bits per heavy atom. The molecule has 4 rings (SSSR count). The first kappa shape index (κ1) is 16.5. The van der Waals surface area contributed by atoms with Gasteiger partial charge >= 0.3 is 5.97 Å². The van der Waals surface area contributed by atoms with Crippen LogP contribution >= 0.6 is 0 Å². The SMILES string of the molecule is CCCc1cc2n(c(=O)c1COC(C)=O)Cc1cc3ccccc3nc1-2. The number of hydrogen-bond acceptors (Lipinski definition) is 4. The van der Waals surface area contributed by atoms with Gasteiger partial charge in [0.1, 0.15) is 6.61 Å². The molecular formula is C21H20N2O3. The third-order valence-electron chi connectivity index (χ3n) is 4.81. The van der Waals surface area contributed by atoms with E-state index in [0.29, 0.717) is 12.1 Å². The van der Waals surface area contributed by atoms with Gasteiger partial charge < -0.3 is 9.30 Å². The molecular weight excluding hydrogens is 328 g/mol. The molecule has 0 unspecified atom stereocenters. The fourth-order valence-electron chi connectivity index (χ4n) is 3.59. The number of fused-ring (bicyclic) bond motifs is 4. The van der Waals surface area contributed by atoms with E-state index in [9.17, 15) is 9.59 Å². The number of nitrogens with zero attached hydrogens (tertiary/aromatic N) is 2. The van der Waals surface area contributed by atoms with Gasteiger partial charge in [-0.15, -0.1) is 0 Å². The second-order valence-electron chi connectivity index (χ2n) is 6.64. The standard InChI is InChI=1S/C21H20N2O3/c1-3-6-14-10-19-20-16(9-15-7-4-5-8-18(15)22-20)11-23(19)21(25)17(14)12-26-13(2)24/h4-5,7-10H,3,6,11-12H2,1-2H3. The van der Waals surface area contributed by atoms with Crippen LogP contribution in [-0.2, 0) is 29.1 Å². The van der Waals surface area contributed by atoms with Crippen LogP contribution in [0.1, 0.15) is 37.0 Å². The fourth-order valence-corrected chi connectivity index (χ4v) is 3.59. The second-order valence-corrected chi connectivity index (χ2v) is 6.64. The summed E-state index contributed by atoms with van der Waals surface area (Å²) in [6.07, 6.45) is 1.68. The minimum Gasteiger partial charge on any atom is -0.461 e. The summed E-state index contributed by atoms with van der Waals surface area (Å²) in [4.78, 5) is 29.1.